The van der Waals surface area contributed by atoms with Crippen LogP contribution in [0.25, 0.3) is 0 Å². The van der Waals surface area contributed by atoms with Gasteiger partial charge in [0.05, 0.1) is 6.10 Å². The summed E-state index contributed by atoms with van der Waals surface area (Å²) < 4.78 is 17.6. The van der Waals surface area contributed by atoms with Gasteiger partial charge in [-0.1, -0.05) is 27.2 Å². The van der Waals surface area contributed by atoms with Crippen LogP contribution in [0.15, 0.2) is 0 Å². The van der Waals surface area contributed by atoms with Gasteiger partial charge < -0.3 is 14.2 Å². The summed E-state index contributed by atoms with van der Waals surface area (Å²) in [6.45, 7) is 10.6. The van der Waals surface area contributed by atoms with Crippen LogP contribution < -0.4 is 0 Å². The number of hydrogen-bond donors (Lipinski definition) is 0. The lowest BCUT2D eigenvalue weighted by atomic mass is 9.92. The largest absolute Gasteiger partial charge is 0.346 e. The lowest BCUT2D eigenvalue weighted by Gasteiger charge is -2.25. The second-order valence-corrected chi connectivity index (χ2v) is 5.75. The van der Waals surface area contributed by atoms with Gasteiger partial charge in [0.1, 0.15) is 6.10 Å². The molecule has 2 aliphatic rings. The van der Waals surface area contributed by atoms with E-state index in [4.69, 9.17) is 14.2 Å². The van der Waals surface area contributed by atoms with E-state index in [0.29, 0.717) is 17.9 Å². The average molecular weight is 228 g/mol. The first-order valence-corrected chi connectivity index (χ1v) is 6.44. The molecule has 0 N–H and O–H groups in total. The van der Waals surface area contributed by atoms with Gasteiger partial charge in [-0.25, -0.2) is 0 Å². The minimum absolute atomic E-state index is 0.115. The van der Waals surface area contributed by atoms with E-state index < -0.39 is 5.79 Å². The fraction of sp³-hybridized carbons (Fsp3) is 1.00. The molecule has 0 saturated carbocycles. The topological polar surface area (TPSA) is 27.7 Å². The van der Waals surface area contributed by atoms with Gasteiger partial charge in [-0.05, 0) is 26.2 Å². The third-order valence-electron chi connectivity index (χ3n) is 3.83. The predicted octanol–water partition coefficient (Wildman–Crippen LogP) is 2.94. The SMILES string of the molecule is CCC(C)C[C@H]1O[C@@H]2OC(C)(C)OC2[C@H]1C. The number of ether oxygens (including phenoxy) is 3. The monoisotopic (exact) mass is 228 g/mol. The van der Waals surface area contributed by atoms with Crippen LogP contribution >= 0.6 is 0 Å². The summed E-state index contributed by atoms with van der Waals surface area (Å²) in [6.07, 6.45) is 2.57. The molecule has 2 unspecified atom stereocenters. The molecule has 2 aliphatic heterocycles. The molecule has 0 aromatic carbocycles. The van der Waals surface area contributed by atoms with Crippen molar-refractivity contribution >= 4 is 0 Å². The molecule has 3 heteroatoms. The summed E-state index contributed by atoms with van der Waals surface area (Å²) in [5.74, 6) is 0.658. The molecule has 0 aromatic rings. The third kappa shape index (κ3) is 2.27. The fourth-order valence-electron chi connectivity index (χ4n) is 2.56. The Morgan fingerprint density at radius 2 is 1.94 bits per heavy atom. The van der Waals surface area contributed by atoms with Gasteiger partial charge in [0, 0.05) is 5.92 Å². The quantitative estimate of drug-likeness (QED) is 0.743. The van der Waals surface area contributed by atoms with Gasteiger partial charge >= 0.3 is 0 Å². The molecule has 0 aromatic heterocycles. The minimum Gasteiger partial charge on any atom is -0.346 e. The molecule has 0 bridgehead atoms. The molecule has 2 rings (SSSR count). The van der Waals surface area contributed by atoms with E-state index in [1.165, 1.54) is 6.42 Å². The van der Waals surface area contributed by atoms with E-state index in [0.717, 1.165) is 6.42 Å². The van der Waals surface area contributed by atoms with Crippen molar-refractivity contribution in [2.45, 2.75) is 71.7 Å². The molecular formula is C13H24O3. The molecule has 0 aliphatic carbocycles. The zero-order chi connectivity index (χ0) is 11.9. The first-order valence-electron chi connectivity index (χ1n) is 6.44. The fourth-order valence-corrected chi connectivity index (χ4v) is 2.56. The van der Waals surface area contributed by atoms with E-state index >= 15 is 0 Å². The number of fused-ring (bicyclic) bond motifs is 1. The maximum absolute atomic E-state index is 5.96. The summed E-state index contributed by atoms with van der Waals surface area (Å²) in [5.41, 5.74) is 0. The summed E-state index contributed by atoms with van der Waals surface area (Å²) >= 11 is 0. The maximum atomic E-state index is 5.96. The van der Waals surface area contributed by atoms with Crippen LogP contribution in [0.4, 0.5) is 0 Å². The van der Waals surface area contributed by atoms with E-state index in [1.807, 2.05) is 13.8 Å². The number of rotatable bonds is 3. The molecule has 2 saturated heterocycles. The zero-order valence-electron chi connectivity index (χ0n) is 11.0. The Bertz CT molecular complexity index is 252. The highest BCUT2D eigenvalue weighted by Gasteiger charge is 2.52. The Morgan fingerprint density at radius 1 is 1.25 bits per heavy atom. The van der Waals surface area contributed by atoms with Crippen LogP contribution in [-0.2, 0) is 14.2 Å². The Labute approximate surface area is 98.4 Å². The van der Waals surface area contributed by atoms with Crippen LogP contribution in [0.1, 0.15) is 47.5 Å². The van der Waals surface area contributed by atoms with Crippen molar-refractivity contribution in [1.29, 1.82) is 0 Å². The van der Waals surface area contributed by atoms with Crippen molar-refractivity contribution in [1.82, 2.24) is 0 Å². The summed E-state index contributed by atoms with van der Waals surface area (Å²) in [4.78, 5) is 0. The second kappa shape index (κ2) is 4.28. The average Bonchev–Trinajstić information content (AvgIpc) is 2.63. The van der Waals surface area contributed by atoms with Crippen LogP contribution in [0, 0.1) is 11.8 Å². The summed E-state index contributed by atoms with van der Waals surface area (Å²) in [7, 11) is 0. The van der Waals surface area contributed by atoms with E-state index in [9.17, 15) is 0 Å². The van der Waals surface area contributed by atoms with Crippen LogP contribution in [0.3, 0.4) is 0 Å². The Morgan fingerprint density at radius 3 is 2.50 bits per heavy atom. The molecular weight excluding hydrogens is 204 g/mol. The maximum Gasteiger partial charge on any atom is 0.187 e. The highest BCUT2D eigenvalue weighted by molar-refractivity contribution is 4.90. The molecule has 2 heterocycles. The van der Waals surface area contributed by atoms with E-state index in [1.54, 1.807) is 0 Å². The molecule has 94 valence electrons. The molecule has 0 radical (unpaired) electrons. The van der Waals surface area contributed by atoms with Gasteiger partial charge in [0.15, 0.2) is 12.1 Å². The van der Waals surface area contributed by atoms with Crippen LogP contribution in [0.2, 0.25) is 0 Å². The van der Waals surface area contributed by atoms with Crippen molar-refractivity contribution in [2.24, 2.45) is 11.8 Å². The lowest BCUT2D eigenvalue weighted by molar-refractivity contribution is -0.210. The molecule has 0 amide bonds. The molecule has 16 heavy (non-hydrogen) atoms. The van der Waals surface area contributed by atoms with Gasteiger partial charge in [-0.3, -0.25) is 0 Å². The Balaban J connectivity index is 1.95. The molecule has 2 fully saturated rings. The van der Waals surface area contributed by atoms with Crippen LogP contribution in [0.5, 0.6) is 0 Å². The van der Waals surface area contributed by atoms with Gasteiger partial charge in [-0.2, -0.15) is 0 Å². The minimum atomic E-state index is -0.481. The van der Waals surface area contributed by atoms with Crippen molar-refractivity contribution in [3.05, 3.63) is 0 Å². The molecule has 5 atom stereocenters. The molecule has 3 nitrogen and oxygen atoms in total. The van der Waals surface area contributed by atoms with Crippen molar-refractivity contribution in [2.75, 3.05) is 0 Å². The van der Waals surface area contributed by atoms with E-state index in [2.05, 4.69) is 20.8 Å². The normalized spacial score (nSPS) is 43.3. The van der Waals surface area contributed by atoms with Gasteiger partial charge in [0.2, 0.25) is 0 Å². The van der Waals surface area contributed by atoms with Gasteiger partial charge in [0.25, 0.3) is 0 Å². The van der Waals surface area contributed by atoms with Crippen molar-refractivity contribution < 1.29 is 14.2 Å². The highest BCUT2D eigenvalue weighted by atomic mass is 16.8. The Hall–Kier alpha value is -0.120. The standard InChI is InChI=1S/C13H24O3/c1-6-8(2)7-10-9(3)11-12(14-10)16-13(4,5)15-11/h8-12H,6-7H2,1-5H3/t8?,9-,10+,11?,12+/m0/s1. The summed E-state index contributed by atoms with van der Waals surface area (Å²) in [5, 5.41) is 0. The van der Waals surface area contributed by atoms with E-state index in [-0.39, 0.29) is 12.4 Å². The lowest BCUT2D eigenvalue weighted by Crippen LogP contribution is -2.29. The van der Waals surface area contributed by atoms with Crippen molar-refractivity contribution in [3.8, 4) is 0 Å². The molecule has 0 spiro atoms. The zero-order valence-corrected chi connectivity index (χ0v) is 11.0. The smallest absolute Gasteiger partial charge is 0.187 e. The Kier molecular flexibility index (Phi) is 3.30. The van der Waals surface area contributed by atoms with Crippen LogP contribution in [-0.4, -0.2) is 24.3 Å². The first kappa shape index (κ1) is 12.3. The summed E-state index contributed by atoms with van der Waals surface area (Å²) in [6, 6.07) is 0. The second-order valence-electron chi connectivity index (χ2n) is 5.75. The van der Waals surface area contributed by atoms with Crippen molar-refractivity contribution in [3.63, 3.8) is 0 Å². The predicted molar refractivity (Wildman–Crippen MR) is 61.9 cm³/mol. The van der Waals surface area contributed by atoms with Gasteiger partial charge in [-0.15, -0.1) is 0 Å². The highest BCUT2D eigenvalue weighted by Crippen LogP contribution is 2.42. The number of hydrogen-bond acceptors (Lipinski definition) is 3. The first-order chi connectivity index (χ1) is 7.43. The third-order valence-corrected chi connectivity index (χ3v) is 3.83.